The first-order chi connectivity index (χ1) is 7.69. The van der Waals surface area contributed by atoms with Crippen LogP contribution >= 0.6 is 0 Å². The Hall–Kier alpha value is -1.25. The van der Waals surface area contributed by atoms with Gasteiger partial charge in [0.2, 0.25) is 0 Å². The quantitative estimate of drug-likeness (QED) is 0.800. The zero-order valence-corrected chi connectivity index (χ0v) is 10.8. The van der Waals surface area contributed by atoms with Gasteiger partial charge in [0.05, 0.1) is 0 Å². The Kier molecular flexibility index (Phi) is 5.09. The molecule has 0 aliphatic rings. The van der Waals surface area contributed by atoms with Crippen LogP contribution in [0, 0.1) is 0 Å². The van der Waals surface area contributed by atoms with Crippen LogP contribution in [0.3, 0.4) is 0 Å². The van der Waals surface area contributed by atoms with Crippen LogP contribution in [-0.4, -0.2) is 24.6 Å². The fourth-order valence-electron chi connectivity index (χ4n) is 1.47. The third-order valence-corrected chi connectivity index (χ3v) is 2.90. The average molecular weight is 221 g/mol. The normalized spacial score (nSPS) is 12.2. The Morgan fingerprint density at radius 2 is 2.12 bits per heavy atom. The minimum atomic E-state index is 0.522. The average Bonchev–Trinajstić information content (AvgIpc) is 2.34. The van der Waals surface area contributed by atoms with Gasteiger partial charge in [-0.15, -0.1) is 0 Å². The van der Waals surface area contributed by atoms with Crippen LogP contribution in [0.4, 0.5) is 11.6 Å². The van der Waals surface area contributed by atoms with Crippen molar-refractivity contribution in [2.75, 3.05) is 23.8 Å². The first kappa shape index (κ1) is 12.8. The Morgan fingerprint density at radius 1 is 1.38 bits per heavy atom. The Labute approximate surface area is 98.9 Å². The molecule has 0 aliphatic carbocycles. The van der Waals surface area contributed by atoms with E-state index >= 15 is 0 Å². The summed E-state index contributed by atoms with van der Waals surface area (Å²) in [5.41, 5.74) is 0. The fourth-order valence-corrected chi connectivity index (χ4v) is 1.47. The van der Waals surface area contributed by atoms with E-state index in [1.54, 1.807) is 0 Å². The zero-order chi connectivity index (χ0) is 12.0. The van der Waals surface area contributed by atoms with Gasteiger partial charge in [-0.3, -0.25) is 0 Å². The van der Waals surface area contributed by atoms with Gasteiger partial charge in [-0.2, -0.15) is 0 Å². The lowest BCUT2D eigenvalue weighted by Gasteiger charge is -2.25. The van der Waals surface area contributed by atoms with E-state index in [2.05, 4.69) is 55.2 Å². The topological polar surface area (TPSA) is 28.2 Å². The van der Waals surface area contributed by atoms with Gasteiger partial charge < -0.3 is 10.2 Å². The lowest BCUT2D eigenvalue weighted by Crippen LogP contribution is -2.28. The molecular formula is C13H23N3. The van der Waals surface area contributed by atoms with E-state index < -0.39 is 0 Å². The molecule has 1 unspecified atom stereocenters. The summed E-state index contributed by atoms with van der Waals surface area (Å²) in [4.78, 5) is 6.81. The van der Waals surface area contributed by atoms with E-state index in [-0.39, 0.29) is 0 Å². The summed E-state index contributed by atoms with van der Waals surface area (Å²) in [5, 5.41) is 3.31. The molecule has 0 saturated carbocycles. The minimum absolute atomic E-state index is 0.522. The molecule has 0 radical (unpaired) electrons. The third-order valence-electron chi connectivity index (χ3n) is 2.90. The third kappa shape index (κ3) is 3.40. The molecule has 0 bridgehead atoms. The first-order valence-corrected chi connectivity index (χ1v) is 6.12. The molecule has 1 aromatic heterocycles. The van der Waals surface area contributed by atoms with Gasteiger partial charge >= 0.3 is 0 Å². The van der Waals surface area contributed by atoms with Crippen molar-refractivity contribution < 1.29 is 0 Å². The van der Waals surface area contributed by atoms with Crippen LogP contribution in [0.2, 0.25) is 0 Å². The SMILES string of the molecule is CCCNc1cccc(N(C)C(C)CC)n1. The highest BCUT2D eigenvalue weighted by atomic mass is 15.2. The zero-order valence-electron chi connectivity index (χ0n) is 10.8. The molecule has 1 heterocycles. The predicted octanol–water partition coefficient (Wildman–Crippen LogP) is 3.14. The smallest absolute Gasteiger partial charge is 0.130 e. The summed E-state index contributed by atoms with van der Waals surface area (Å²) >= 11 is 0. The highest BCUT2D eigenvalue weighted by Crippen LogP contribution is 2.16. The van der Waals surface area contributed by atoms with E-state index in [4.69, 9.17) is 0 Å². The molecular weight excluding hydrogens is 198 g/mol. The lowest BCUT2D eigenvalue weighted by molar-refractivity contribution is 0.657. The van der Waals surface area contributed by atoms with Crippen molar-refractivity contribution in [1.29, 1.82) is 0 Å². The summed E-state index contributed by atoms with van der Waals surface area (Å²) in [6.45, 7) is 7.54. The second kappa shape index (κ2) is 6.36. The molecule has 90 valence electrons. The molecule has 1 aromatic rings. The van der Waals surface area contributed by atoms with Crippen molar-refractivity contribution in [3.05, 3.63) is 18.2 Å². The molecule has 1 atom stereocenters. The number of aromatic nitrogens is 1. The molecule has 0 spiro atoms. The number of rotatable bonds is 6. The summed E-state index contributed by atoms with van der Waals surface area (Å²) in [5.74, 6) is 2.00. The molecule has 0 aliphatic heterocycles. The maximum Gasteiger partial charge on any atom is 0.130 e. The summed E-state index contributed by atoms with van der Waals surface area (Å²) < 4.78 is 0. The number of hydrogen-bond acceptors (Lipinski definition) is 3. The van der Waals surface area contributed by atoms with Crippen LogP contribution < -0.4 is 10.2 Å². The van der Waals surface area contributed by atoms with E-state index in [0.29, 0.717) is 6.04 Å². The fraction of sp³-hybridized carbons (Fsp3) is 0.615. The van der Waals surface area contributed by atoms with Crippen molar-refractivity contribution in [2.24, 2.45) is 0 Å². The highest BCUT2D eigenvalue weighted by Gasteiger charge is 2.09. The largest absolute Gasteiger partial charge is 0.370 e. The number of anilines is 2. The molecule has 0 fully saturated rings. The van der Waals surface area contributed by atoms with E-state index in [1.165, 1.54) is 0 Å². The van der Waals surface area contributed by atoms with Gasteiger partial charge in [0.15, 0.2) is 0 Å². The van der Waals surface area contributed by atoms with Crippen molar-refractivity contribution in [1.82, 2.24) is 4.98 Å². The maximum atomic E-state index is 4.59. The van der Waals surface area contributed by atoms with Crippen LogP contribution in [-0.2, 0) is 0 Å². The number of nitrogens with zero attached hydrogens (tertiary/aromatic N) is 2. The predicted molar refractivity (Wildman–Crippen MR) is 71.2 cm³/mol. The van der Waals surface area contributed by atoms with E-state index in [9.17, 15) is 0 Å². The first-order valence-electron chi connectivity index (χ1n) is 6.12. The second-order valence-corrected chi connectivity index (χ2v) is 4.18. The van der Waals surface area contributed by atoms with Gasteiger partial charge in [-0.05, 0) is 31.9 Å². The summed E-state index contributed by atoms with van der Waals surface area (Å²) in [7, 11) is 2.10. The molecule has 3 nitrogen and oxygen atoms in total. The number of nitrogens with one attached hydrogen (secondary N) is 1. The maximum absolute atomic E-state index is 4.59. The van der Waals surface area contributed by atoms with Crippen LogP contribution in [0.1, 0.15) is 33.6 Å². The van der Waals surface area contributed by atoms with Crippen molar-refractivity contribution in [2.45, 2.75) is 39.7 Å². The van der Waals surface area contributed by atoms with Gasteiger partial charge in [0.1, 0.15) is 11.6 Å². The second-order valence-electron chi connectivity index (χ2n) is 4.18. The molecule has 0 aromatic carbocycles. The number of pyridine rings is 1. The Morgan fingerprint density at radius 3 is 2.75 bits per heavy atom. The van der Waals surface area contributed by atoms with Crippen LogP contribution in [0.5, 0.6) is 0 Å². The minimum Gasteiger partial charge on any atom is -0.370 e. The highest BCUT2D eigenvalue weighted by molar-refractivity contribution is 5.47. The standard InChI is InChI=1S/C13H23N3/c1-5-10-14-12-8-7-9-13(15-12)16(4)11(3)6-2/h7-9,11H,5-6,10H2,1-4H3,(H,14,15). The number of hydrogen-bond donors (Lipinski definition) is 1. The molecule has 16 heavy (non-hydrogen) atoms. The lowest BCUT2D eigenvalue weighted by atomic mass is 10.2. The van der Waals surface area contributed by atoms with Crippen molar-refractivity contribution >= 4 is 11.6 Å². The molecule has 3 heteroatoms. The van der Waals surface area contributed by atoms with Crippen molar-refractivity contribution in [3.63, 3.8) is 0 Å². The van der Waals surface area contributed by atoms with Gasteiger partial charge in [-0.25, -0.2) is 4.98 Å². The molecule has 0 saturated heterocycles. The monoisotopic (exact) mass is 221 g/mol. The molecule has 1 N–H and O–H groups in total. The Bertz CT molecular complexity index is 312. The molecule has 0 amide bonds. The Balaban J connectivity index is 2.73. The van der Waals surface area contributed by atoms with Gasteiger partial charge in [0, 0.05) is 19.6 Å². The van der Waals surface area contributed by atoms with Crippen LogP contribution in [0.25, 0.3) is 0 Å². The van der Waals surface area contributed by atoms with Crippen LogP contribution in [0.15, 0.2) is 18.2 Å². The van der Waals surface area contributed by atoms with Gasteiger partial charge in [0.25, 0.3) is 0 Å². The summed E-state index contributed by atoms with van der Waals surface area (Å²) in [6.07, 6.45) is 2.25. The van der Waals surface area contributed by atoms with E-state index in [0.717, 1.165) is 31.0 Å². The molecule has 1 rings (SSSR count). The summed E-state index contributed by atoms with van der Waals surface area (Å²) in [6, 6.07) is 6.65. The van der Waals surface area contributed by atoms with Gasteiger partial charge in [-0.1, -0.05) is 19.9 Å². The van der Waals surface area contributed by atoms with E-state index in [1.807, 2.05) is 6.07 Å². The van der Waals surface area contributed by atoms with Crippen molar-refractivity contribution in [3.8, 4) is 0 Å².